The number of aromatic amines is 1. The topological polar surface area (TPSA) is 92.8 Å². The van der Waals surface area contributed by atoms with Gasteiger partial charge in [0.05, 0.1) is 28.8 Å². The lowest BCUT2D eigenvalue weighted by Gasteiger charge is -2.27. The van der Waals surface area contributed by atoms with Crippen molar-refractivity contribution in [3.63, 3.8) is 0 Å². The summed E-state index contributed by atoms with van der Waals surface area (Å²) < 4.78 is 2.23. The molecule has 0 bridgehead atoms. The van der Waals surface area contributed by atoms with Crippen molar-refractivity contribution in [1.29, 1.82) is 0 Å². The van der Waals surface area contributed by atoms with E-state index in [0.29, 0.717) is 13.1 Å². The van der Waals surface area contributed by atoms with E-state index in [-0.39, 0.29) is 11.5 Å². The first kappa shape index (κ1) is 14.9. The Morgan fingerprint density at radius 3 is 2.96 bits per heavy atom. The maximum absolute atomic E-state index is 12.1. The van der Waals surface area contributed by atoms with Gasteiger partial charge in [-0.2, -0.15) is 0 Å². The van der Waals surface area contributed by atoms with Crippen molar-refractivity contribution >= 4 is 17.0 Å². The molecule has 0 radical (unpaired) electrons. The Morgan fingerprint density at radius 1 is 1.29 bits per heavy atom. The average Bonchev–Trinajstić information content (AvgIpc) is 2.92. The summed E-state index contributed by atoms with van der Waals surface area (Å²) in [5.74, 6) is 1.22. The quantitative estimate of drug-likeness (QED) is 0.757. The number of benzene rings is 1. The van der Waals surface area contributed by atoms with Gasteiger partial charge in [0.2, 0.25) is 5.95 Å². The Bertz CT molecular complexity index is 957. The maximum Gasteiger partial charge on any atom is 0.257 e. The number of hydrogen-bond acceptors (Lipinski definition) is 5. The number of aromatic nitrogens is 4. The third-order valence-corrected chi connectivity index (χ3v) is 4.58. The molecule has 3 N–H and O–H groups in total. The zero-order chi connectivity index (χ0) is 16.7. The molecule has 7 nitrogen and oxygen atoms in total. The summed E-state index contributed by atoms with van der Waals surface area (Å²) in [5, 5.41) is 0. The van der Waals surface area contributed by atoms with Crippen molar-refractivity contribution < 1.29 is 0 Å². The summed E-state index contributed by atoms with van der Waals surface area (Å²) in [4.78, 5) is 26.0. The van der Waals surface area contributed by atoms with Crippen LogP contribution in [-0.4, -0.2) is 31.0 Å². The summed E-state index contributed by atoms with van der Waals surface area (Å²) >= 11 is 0. The van der Waals surface area contributed by atoms with Crippen molar-refractivity contribution in [2.24, 2.45) is 0 Å². The lowest BCUT2D eigenvalue weighted by molar-refractivity contribution is 0.233. The molecular weight excluding hydrogens is 304 g/mol. The number of nitrogen functional groups attached to an aromatic ring is 1. The molecule has 7 heteroatoms. The van der Waals surface area contributed by atoms with E-state index in [4.69, 9.17) is 10.7 Å². The fraction of sp³-hybridized carbons (Fsp3) is 0.353. The molecular formula is C17H20N6O. The van der Waals surface area contributed by atoms with Crippen LogP contribution in [0.3, 0.4) is 0 Å². The molecule has 1 aromatic carbocycles. The number of rotatable bonds is 3. The molecule has 4 rings (SSSR count). The van der Waals surface area contributed by atoms with Gasteiger partial charge in [0, 0.05) is 26.1 Å². The number of aryl methyl sites for hydroxylation is 1. The van der Waals surface area contributed by atoms with Crippen LogP contribution >= 0.6 is 0 Å². The van der Waals surface area contributed by atoms with Gasteiger partial charge in [-0.15, -0.1) is 0 Å². The largest absolute Gasteiger partial charge is 0.369 e. The number of fused-ring (bicyclic) bond motifs is 2. The third-order valence-electron chi connectivity index (χ3n) is 4.58. The van der Waals surface area contributed by atoms with Crippen LogP contribution in [0.2, 0.25) is 0 Å². The highest BCUT2D eigenvalue weighted by molar-refractivity contribution is 5.75. The number of nitrogens with zero attached hydrogens (tertiary/aromatic N) is 4. The SMILES string of the molecule is CCn1c(CN2CCc3nc(N)[nH]c(=O)c3C2)nc2ccccc21. The Hall–Kier alpha value is -2.67. The van der Waals surface area contributed by atoms with Crippen molar-refractivity contribution in [3.05, 3.63) is 51.7 Å². The number of para-hydroxylation sites is 2. The van der Waals surface area contributed by atoms with Gasteiger partial charge in [0.15, 0.2) is 0 Å². The van der Waals surface area contributed by atoms with Gasteiger partial charge in [-0.1, -0.05) is 12.1 Å². The van der Waals surface area contributed by atoms with Crippen molar-refractivity contribution in [1.82, 2.24) is 24.4 Å². The van der Waals surface area contributed by atoms with E-state index < -0.39 is 0 Å². The summed E-state index contributed by atoms with van der Waals surface area (Å²) in [6.07, 6.45) is 0.732. The highest BCUT2D eigenvalue weighted by Crippen LogP contribution is 2.20. The molecule has 1 aliphatic heterocycles. The van der Waals surface area contributed by atoms with Crippen molar-refractivity contribution in [3.8, 4) is 0 Å². The molecule has 0 spiro atoms. The van der Waals surface area contributed by atoms with Crippen molar-refractivity contribution in [2.45, 2.75) is 33.0 Å². The van der Waals surface area contributed by atoms with Gasteiger partial charge >= 0.3 is 0 Å². The van der Waals surface area contributed by atoms with Gasteiger partial charge in [-0.3, -0.25) is 14.7 Å². The molecule has 0 saturated carbocycles. The number of hydrogen-bond donors (Lipinski definition) is 2. The number of nitrogens with two attached hydrogens (primary N) is 1. The number of anilines is 1. The molecule has 124 valence electrons. The minimum absolute atomic E-state index is 0.133. The van der Waals surface area contributed by atoms with Crippen LogP contribution in [-0.2, 0) is 26.1 Å². The minimum Gasteiger partial charge on any atom is -0.369 e. The third kappa shape index (κ3) is 2.46. The second kappa shape index (κ2) is 5.76. The first-order chi connectivity index (χ1) is 11.7. The molecule has 0 amide bonds. The second-order valence-electron chi connectivity index (χ2n) is 6.10. The van der Waals surface area contributed by atoms with Crippen LogP contribution in [0.5, 0.6) is 0 Å². The highest BCUT2D eigenvalue weighted by Gasteiger charge is 2.22. The Labute approximate surface area is 139 Å². The molecule has 3 heterocycles. The summed E-state index contributed by atoms with van der Waals surface area (Å²) in [6, 6.07) is 8.17. The van der Waals surface area contributed by atoms with Crippen LogP contribution in [0.15, 0.2) is 29.1 Å². The Balaban J connectivity index is 1.64. The molecule has 2 aromatic heterocycles. The van der Waals surface area contributed by atoms with Gasteiger partial charge in [0.25, 0.3) is 5.56 Å². The van der Waals surface area contributed by atoms with E-state index >= 15 is 0 Å². The monoisotopic (exact) mass is 324 g/mol. The molecule has 0 unspecified atom stereocenters. The van der Waals surface area contributed by atoms with E-state index in [1.807, 2.05) is 18.2 Å². The number of H-pyrrole nitrogens is 1. The van der Waals surface area contributed by atoms with Crippen LogP contribution in [0.1, 0.15) is 24.0 Å². The fourth-order valence-electron chi connectivity index (χ4n) is 3.43. The van der Waals surface area contributed by atoms with E-state index in [2.05, 4.69) is 32.4 Å². The molecule has 1 aliphatic rings. The summed E-state index contributed by atoms with van der Waals surface area (Å²) in [5.41, 5.74) is 9.19. The molecule has 0 atom stereocenters. The first-order valence-corrected chi connectivity index (χ1v) is 8.19. The van der Waals surface area contributed by atoms with E-state index in [1.54, 1.807) is 0 Å². The van der Waals surface area contributed by atoms with Gasteiger partial charge in [-0.25, -0.2) is 9.97 Å². The lowest BCUT2D eigenvalue weighted by Crippen LogP contribution is -2.36. The normalized spacial score (nSPS) is 14.9. The fourth-order valence-corrected chi connectivity index (χ4v) is 3.43. The zero-order valence-electron chi connectivity index (χ0n) is 13.6. The van der Waals surface area contributed by atoms with E-state index in [0.717, 1.165) is 47.6 Å². The van der Waals surface area contributed by atoms with Gasteiger partial charge < -0.3 is 10.3 Å². The van der Waals surface area contributed by atoms with E-state index in [1.165, 1.54) is 0 Å². The van der Waals surface area contributed by atoms with Crippen LogP contribution in [0.4, 0.5) is 5.95 Å². The predicted molar refractivity (Wildman–Crippen MR) is 92.5 cm³/mol. The van der Waals surface area contributed by atoms with Crippen LogP contribution in [0.25, 0.3) is 11.0 Å². The summed E-state index contributed by atoms with van der Waals surface area (Å²) in [6.45, 7) is 5.13. The summed E-state index contributed by atoms with van der Waals surface area (Å²) in [7, 11) is 0. The second-order valence-corrected chi connectivity index (χ2v) is 6.10. The zero-order valence-corrected chi connectivity index (χ0v) is 13.6. The Morgan fingerprint density at radius 2 is 2.12 bits per heavy atom. The Kier molecular flexibility index (Phi) is 3.57. The number of imidazole rings is 1. The molecule has 0 fully saturated rings. The molecule has 24 heavy (non-hydrogen) atoms. The van der Waals surface area contributed by atoms with Gasteiger partial charge in [-0.05, 0) is 19.1 Å². The smallest absolute Gasteiger partial charge is 0.257 e. The molecule has 0 aliphatic carbocycles. The average molecular weight is 324 g/mol. The minimum atomic E-state index is -0.133. The predicted octanol–water partition coefficient (Wildman–Crippen LogP) is 1.28. The maximum atomic E-state index is 12.1. The van der Waals surface area contributed by atoms with Crippen LogP contribution < -0.4 is 11.3 Å². The van der Waals surface area contributed by atoms with Crippen LogP contribution in [0, 0.1) is 0 Å². The van der Waals surface area contributed by atoms with Gasteiger partial charge in [0.1, 0.15) is 5.82 Å². The molecule has 0 saturated heterocycles. The first-order valence-electron chi connectivity index (χ1n) is 8.19. The number of nitrogens with one attached hydrogen (secondary N) is 1. The molecule has 3 aromatic rings. The van der Waals surface area contributed by atoms with E-state index in [9.17, 15) is 4.79 Å². The lowest BCUT2D eigenvalue weighted by atomic mass is 10.1. The highest BCUT2D eigenvalue weighted by atomic mass is 16.1. The van der Waals surface area contributed by atoms with Crippen molar-refractivity contribution in [2.75, 3.05) is 12.3 Å². The standard InChI is InChI=1S/C17H20N6O/c1-2-23-14-6-4-3-5-13(14)19-15(23)10-22-8-7-12-11(9-22)16(24)21-17(18)20-12/h3-6H,2,7-10H2,1H3,(H3,18,20,21,24).